The Labute approximate surface area is 108 Å². The number of nitrogens with one attached hydrogen (secondary N) is 1. The second kappa shape index (κ2) is 7.67. The van der Waals surface area contributed by atoms with Gasteiger partial charge in [-0.15, -0.1) is 0 Å². The van der Waals surface area contributed by atoms with Gasteiger partial charge in [-0.05, 0) is 62.9 Å². The molecular weight excluding hydrogens is 237 g/mol. The summed E-state index contributed by atoms with van der Waals surface area (Å²) in [6.45, 7) is 6.06. The van der Waals surface area contributed by atoms with Crippen molar-refractivity contribution < 1.29 is 4.39 Å². The van der Waals surface area contributed by atoms with Crippen LogP contribution in [0.3, 0.4) is 0 Å². The van der Waals surface area contributed by atoms with Gasteiger partial charge in [0.1, 0.15) is 5.82 Å². The van der Waals surface area contributed by atoms with Gasteiger partial charge in [0.15, 0.2) is 0 Å². The highest BCUT2D eigenvalue weighted by atomic mass is 35.5. The van der Waals surface area contributed by atoms with Gasteiger partial charge in [-0.25, -0.2) is 4.39 Å². The van der Waals surface area contributed by atoms with E-state index in [1.54, 1.807) is 6.92 Å². The summed E-state index contributed by atoms with van der Waals surface area (Å²) in [4.78, 5) is 0. The molecular formula is C14H21ClFN. The fraction of sp³-hybridized carbons (Fsp3) is 0.571. The van der Waals surface area contributed by atoms with Crippen LogP contribution >= 0.6 is 11.6 Å². The molecule has 0 aromatic heterocycles. The molecule has 0 saturated heterocycles. The first-order valence-electron chi connectivity index (χ1n) is 6.30. The molecule has 1 aromatic rings. The predicted molar refractivity (Wildman–Crippen MR) is 72.2 cm³/mol. The number of unbranched alkanes of at least 4 members (excludes halogenated alkanes) is 1. The zero-order chi connectivity index (χ0) is 12.7. The van der Waals surface area contributed by atoms with Crippen molar-refractivity contribution in [2.24, 2.45) is 0 Å². The Bertz CT molecular complexity index is 352. The number of rotatable bonds is 7. The van der Waals surface area contributed by atoms with E-state index in [9.17, 15) is 4.39 Å². The molecule has 0 aliphatic rings. The molecule has 1 N–H and O–H groups in total. The Balaban J connectivity index is 2.34. The van der Waals surface area contributed by atoms with Crippen LogP contribution in [0.25, 0.3) is 0 Å². The maximum atomic E-state index is 13.2. The van der Waals surface area contributed by atoms with E-state index < -0.39 is 0 Å². The Kier molecular flexibility index (Phi) is 6.53. The van der Waals surface area contributed by atoms with Gasteiger partial charge in [-0.1, -0.05) is 24.6 Å². The van der Waals surface area contributed by atoms with E-state index in [2.05, 4.69) is 12.2 Å². The molecule has 0 spiro atoms. The van der Waals surface area contributed by atoms with Gasteiger partial charge >= 0.3 is 0 Å². The summed E-state index contributed by atoms with van der Waals surface area (Å²) in [6, 6.07) is 3.28. The van der Waals surface area contributed by atoms with Crippen LogP contribution in [0.1, 0.15) is 37.3 Å². The van der Waals surface area contributed by atoms with Gasteiger partial charge < -0.3 is 5.32 Å². The Hall–Kier alpha value is -0.600. The van der Waals surface area contributed by atoms with Crippen LogP contribution in [0.15, 0.2) is 12.1 Å². The molecule has 3 heteroatoms. The van der Waals surface area contributed by atoms with Crippen molar-refractivity contribution >= 4 is 11.6 Å². The molecule has 17 heavy (non-hydrogen) atoms. The maximum Gasteiger partial charge on any atom is 0.127 e. The van der Waals surface area contributed by atoms with E-state index in [4.69, 9.17) is 11.6 Å². The third kappa shape index (κ3) is 5.05. The molecule has 1 nitrogen and oxygen atoms in total. The summed E-state index contributed by atoms with van der Waals surface area (Å²) in [5, 5.41) is 3.91. The van der Waals surface area contributed by atoms with Crippen LogP contribution in [-0.4, -0.2) is 13.1 Å². The highest BCUT2D eigenvalue weighted by Crippen LogP contribution is 2.21. The van der Waals surface area contributed by atoms with Crippen molar-refractivity contribution in [2.75, 3.05) is 13.1 Å². The Morgan fingerprint density at radius 1 is 1.24 bits per heavy atom. The lowest BCUT2D eigenvalue weighted by Crippen LogP contribution is -2.15. The highest BCUT2D eigenvalue weighted by molar-refractivity contribution is 6.31. The summed E-state index contributed by atoms with van der Waals surface area (Å²) in [6.07, 6.45) is 4.31. The topological polar surface area (TPSA) is 12.0 Å². The van der Waals surface area contributed by atoms with E-state index >= 15 is 0 Å². The lowest BCUT2D eigenvalue weighted by atomic mass is 10.1. The standard InChI is InChI=1S/C14H21ClFN/c1-3-7-17-8-5-4-6-12-9-11(2)14(16)10-13(12)15/h9-10,17H,3-8H2,1-2H3. The smallest absolute Gasteiger partial charge is 0.127 e. The molecule has 0 bridgehead atoms. The van der Waals surface area contributed by atoms with Gasteiger partial charge in [-0.3, -0.25) is 0 Å². The Morgan fingerprint density at radius 2 is 2.00 bits per heavy atom. The van der Waals surface area contributed by atoms with Crippen LogP contribution in [0.2, 0.25) is 5.02 Å². The van der Waals surface area contributed by atoms with Gasteiger partial charge in [0, 0.05) is 5.02 Å². The first-order valence-corrected chi connectivity index (χ1v) is 6.68. The second-order valence-electron chi connectivity index (χ2n) is 4.40. The zero-order valence-electron chi connectivity index (χ0n) is 10.7. The summed E-state index contributed by atoms with van der Waals surface area (Å²) in [5.41, 5.74) is 1.73. The minimum atomic E-state index is -0.219. The summed E-state index contributed by atoms with van der Waals surface area (Å²) in [5.74, 6) is -0.219. The normalized spacial score (nSPS) is 10.8. The number of aryl methyl sites for hydroxylation is 2. The van der Waals surface area contributed by atoms with Gasteiger partial charge in [-0.2, -0.15) is 0 Å². The van der Waals surface area contributed by atoms with E-state index in [1.807, 2.05) is 6.07 Å². The van der Waals surface area contributed by atoms with Crippen molar-refractivity contribution in [3.05, 3.63) is 34.1 Å². The highest BCUT2D eigenvalue weighted by Gasteiger charge is 2.05. The fourth-order valence-electron chi connectivity index (χ4n) is 1.78. The number of benzene rings is 1. The van der Waals surface area contributed by atoms with E-state index in [1.165, 1.54) is 12.5 Å². The van der Waals surface area contributed by atoms with Crippen LogP contribution in [0, 0.1) is 12.7 Å². The second-order valence-corrected chi connectivity index (χ2v) is 4.81. The quantitative estimate of drug-likeness (QED) is 0.725. The van der Waals surface area contributed by atoms with Crippen LogP contribution in [-0.2, 0) is 6.42 Å². The van der Waals surface area contributed by atoms with Crippen molar-refractivity contribution in [3.8, 4) is 0 Å². The molecule has 0 amide bonds. The van der Waals surface area contributed by atoms with Gasteiger partial charge in [0.25, 0.3) is 0 Å². The first-order chi connectivity index (χ1) is 8.15. The molecule has 0 radical (unpaired) electrons. The third-order valence-electron chi connectivity index (χ3n) is 2.80. The maximum absolute atomic E-state index is 13.2. The van der Waals surface area contributed by atoms with E-state index in [-0.39, 0.29) is 5.82 Å². The average Bonchev–Trinajstić information content (AvgIpc) is 2.30. The van der Waals surface area contributed by atoms with Gasteiger partial charge in [0.05, 0.1) is 0 Å². The molecule has 96 valence electrons. The van der Waals surface area contributed by atoms with E-state index in [0.717, 1.165) is 37.9 Å². The van der Waals surface area contributed by atoms with Crippen molar-refractivity contribution in [3.63, 3.8) is 0 Å². The molecule has 0 atom stereocenters. The van der Waals surface area contributed by atoms with Crippen LogP contribution in [0.4, 0.5) is 4.39 Å². The number of hydrogen-bond donors (Lipinski definition) is 1. The monoisotopic (exact) mass is 257 g/mol. The largest absolute Gasteiger partial charge is 0.317 e. The van der Waals surface area contributed by atoms with E-state index in [0.29, 0.717) is 10.6 Å². The van der Waals surface area contributed by atoms with Crippen molar-refractivity contribution in [1.29, 1.82) is 0 Å². The third-order valence-corrected chi connectivity index (χ3v) is 3.16. The van der Waals surface area contributed by atoms with Crippen molar-refractivity contribution in [2.45, 2.75) is 39.5 Å². The summed E-state index contributed by atoms with van der Waals surface area (Å²) >= 11 is 6.01. The minimum absolute atomic E-state index is 0.219. The fourth-order valence-corrected chi connectivity index (χ4v) is 2.02. The molecule has 1 aromatic carbocycles. The van der Waals surface area contributed by atoms with Crippen molar-refractivity contribution in [1.82, 2.24) is 5.32 Å². The molecule has 1 rings (SSSR count). The average molecular weight is 258 g/mol. The van der Waals surface area contributed by atoms with Crippen LogP contribution in [0.5, 0.6) is 0 Å². The summed E-state index contributed by atoms with van der Waals surface area (Å²) in [7, 11) is 0. The molecule has 0 heterocycles. The Morgan fingerprint density at radius 3 is 2.71 bits per heavy atom. The number of halogens is 2. The molecule has 0 fully saturated rings. The zero-order valence-corrected chi connectivity index (χ0v) is 11.4. The summed E-state index contributed by atoms with van der Waals surface area (Å²) < 4.78 is 13.2. The number of hydrogen-bond acceptors (Lipinski definition) is 1. The lowest BCUT2D eigenvalue weighted by Gasteiger charge is -2.07. The SMILES string of the molecule is CCCNCCCCc1cc(C)c(F)cc1Cl. The lowest BCUT2D eigenvalue weighted by molar-refractivity contribution is 0.610. The first kappa shape index (κ1) is 14.5. The minimum Gasteiger partial charge on any atom is -0.317 e. The van der Waals surface area contributed by atoms with Crippen LogP contribution < -0.4 is 5.32 Å². The van der Waals surface area contributed by atoms with Gasteiger partial charge in [0.2, 0.25) is 0 Å². The molecule has 0 aliphatic heterocycles. The molecule has 0 aliphatic carbocycles. The predicted octanol–water partition coefficient (Wildman–Crippen LogP) is 4.11. The molecule has 0 unspecified atom stereocenters. The molecule has 0 saturated carbocycles.